The molecule has 0 spiro atoms. The predicted molar refractivity (Wildman–Crippen MR) is 117 cm³/mol. The van der Waals surface area contributed by atoms with E-state index in [1.165, 1.54) is 25.3 Å². The Hall–Kier alpha value is -4.01. The van der Waals surface area contributed by atoms with Gasteiger partial charge >= 0.3 is 6.18 Å². The van der Waals surface area contributed by atoms with Gasteiger partial charge in [0.2, 0.25) is 5.91 Å². The van der Waals surface area contributed by atoms with Crippen molar-refractivity contribution in [2.75, 3.05) is 5.32 Å². The van der Waals surface area contributed by atoms with Gasteiger partial charge in [-0.25, -0.2) is 0 Å². The van der Waals surface area contributed by atoms with E-state index in [1.807, 2.05) is 0 Å². The number of hydrogen-bond acceptors (Lipinski definition) is 3. The Balaban J connectivity index is 1.68. The molecular weight excluding hydrogens is 435 g/mol. The summed E-state index contributed by atoms with van der Waals surface area (Å²) in [6.45, 7) is 1.77. The van der Waals surface area contributed by atoms with Crippen molar-refractivity contribution in [2.24, 2.45) is 0 Å². The first-order chi connectivity index (χ1) is 15.7. The number of aromatic nitrogens is 1. The molecule has 9 heteroatoms. The van der Waals surface area contributed by atoms with Crippen LogP contribution in [-0.4, -0.2) is 16.4 Å². The number of amides is 2. The van der Waals surface area contributed by atoms with E-state index in [-0.39, 0.29) is 24.9 Å². The third kappa shape index (κ3) is 5.08. The molecule has 2 amide bonds. The maximum Gasteiger partial charge on any atom is 0.416 e. The Bertz CT molecular complexity index is 1290. The summed E-state index contributed by atoms with van der Waals surface area (Å²) < 4.78 is 45.7. The molecule has 4 aromatic rings. The zero-order valence-electron chi connectivity index (χ0n) is 17.6. The van der Waals surface area contributed by atoms with Crippen molar-refractivity contribution in [1.29, 1.82) is 0 Å². The van der Waals surface area contributed by atoms with Crippen molar-refractivity contribution < 1.29 is 27.2 Å². The third-order valence-corrected chi connectivity index (χ3v) is 5.08. The summed E-state index contributed by atoms with van der Waals surface area (Å²) in [5, 5.41) is 6.20. The van der Waals surface area contributed by atoms with E-state index in [1.54, 1.807) is 41.0 Å². The van der Waals surface area contributed by atoms with Crippen molar-refractivity contribution in [3.63, 3.8) is 0 Å². The molecular formula is C24H20F3N3O3. The molecule has 33 heavy (non-hydrogen) atoms. The van der Waals surface area contributed by atoms with Gasteiger partial charge in [-0.05, 0) is 54.1 Å². The van der Waals surface area contributed by atoms with E-state index in [0.717, 1.165) is 12.1 Å². The van der Waals surface area contributed by atoms with Crippen LogP contribution in [0.15, 0.2) is 71.3 Å². The van der Waals surface area contributed by atoms with E-state index in [2.05, 4.69) is 10.6 Å². The minimum absolute atomic E-state index is 0.185. The van der Waals surface area contributed by atoms with Gasteiger partial charge in [0.15, 0.2) is 0 Å². The molecule has 0 atom stereocenters. The SMILES string of the molecule is CC(=O)Nc1ccc2c(c1)cc(C(=O)NCc1ccco1)n2Cc1ccc(C(F)(F)F)cc1. The molecule has 0 saturated heterocycles. The minimum atomic E-state index is -4.42. The van der Waals surface area contributed by atoms with Gasteiger partial charge in [0.25, 0.3) is 5.91 Å². The molecule has 0 unspecified atom stereocenters. The average molecular weight is 455 g/mol. The van der Waals surface area contributed by atoms with Crippen molar-refractivity contribution >= 4 is 28.4 Å². The molecule has 6 nitrogen and oxygen atoms in total. The Morgan fingerprint density at radius 3 is 2.42 bits per heavy atom. The Morgan fingerprint density at radius 1 is 1.03 bits per heavy atom. The van der Waals surface area contributed by atoms with Gasteiger partial charge in [-0.3, -0.25) is 9.59 Å². The van der Waals surface area contributed by atoms with E-state index in [4.69, 9.17) is 4.42 Å². The van der Waals surface area contributed by atoms with Crippen LogP contribution in [0.5, 0.6) is 0 Å². The third-order valence-electron chi connectivity index (χ3n) is 5.08. The maximum absolute atomic E-state index is 13.0. The summed E-state index contributed by atoms with van der Waals surface area (Å²) in [6.07, 6.45) is -2.91. The summed E-state index contributed by atoms with van der Waals surface area (Å²) in [5.41, 5.74) is 1.47. The number of nitrogens with zero attached hydrogens (tertiary/aromatic N) is 1. The van der Waals surface area contributed by atoms with Gasteiger partial charge in [0.1, 0.15) is 11.5 Å². The van der Waals surface area contributed by atoms with E-state index >= 15 is 0 Å². The summed E-state index contributed by atoms with van der Waals surface area (Å²) in [4.78, 5) is 24.4. The number of furan rings is 1. The van der Waals surface area contributed by atoms with Crippen molar-refractivity contribution in [3.05, 3.63) is 89.5 Å². The summed E-state index contributed by atoms with van der Waals surface area (Å²) >= 11 is 0. The van der Waals surface area contributed by atoms with Gasteiger partial charge in [-0.1, -0.05) is 12.1 Å². The number of anilines is 1. The molecule has 0 aliphatic rings. The van der Waals surface area contributed by atoms with Crippen LogP contribution in [0.25, 0.3) is 10.9 Å². The van der Waals surface area contributed by atoms with Crippen LogP contribution in [0.4, 0.5) is 18.9 Å². The van der Waals surface area contributed by atoms with Crippen LogP contribution in [-0.2, 0) is 24.1 Å². The number of hydrogen-bond donors (Lipinski definition) is 2. The molecule has 0 bridgehead atoms. The van der Waals surface area contributed by atoms with Gasteiger partial charge in [-0.15, -0.1) is 0 Å². The highest BCUT2D eigenvalue weighted by Crippen LogP contribution is 2.30. The normalized spacial score (nSPS) is 11.5. The summed E-state index contributed by atoms with van der Waals surface area (Å²) in [5.74, 6) is -0.00719. The number of carbonyl (C=O) groups is 2. The van der Waals surface area contributed by atoms with Crippen molar-refractivity contribution in [1.82, 2.24) is 9.88 Å². The predicted octanol–water partition coefficient (Wildman–Crippen LogP) is 5.19. The topological polar surface area (TPSA) is 76.3 Å². The number of alkyl halides is 3. The highest BCUT2D eigenvalue weighted by molar-refractivity contribution is 6.00. The first kappa shape index (κ1) is 22.2. The average Bonchev–Trinajstić information content (AvgIpc) is 3.39. The van der Waals surface area contributed by atoms with Gasteiger partial charge in [0, 0.05) is 30.1 Å². The molecule has 4 rings (SSSR count). The molecule has 2 heterocycles. The zero-order chi connectivity index (χ0) is 23.6. The lowest BCUT2D eigenvalue weighted by molar-refractivity contribution is -0.137. The molecule has 170 valence electrons. The molecule has 0 fully saturated rings. The molecule has 2 aromatic heterocycles. The summed E-state index contributed by atoms with van der Waals surface area (Å²) in [7, 11) is 0. The van der Waals surface area contributed by atoms with Gasteiger partial charge in [-0.2, -0.15) is 13.2 Å². The minimum Gasteiger partial charge on any atom is -0.467 e. The number of fused-ring (bicyclic) bond motifs is 1. The lowest BCUT2D eigenvalue weighted by atomic mass is 10.1. The van der Waals surface area contributed by atoms with Crippen LogP contribution in [0.3, 0.4) is 0 Å². The Labute approximate surface area is 187 Å². The maximum atomic E-state index is 13.0. The molecule has 0 saturated carbocycles. The monoisotopic (exact) mass is 455 g/mol. The quantitative estimate of drug-likeness (QED) is 0.420. The number of carbonyl (C=O) groups excluding carboxylic acids is 2. The molecule has 2 aromatic carbocycles. The lowest BCUT2D eigenvalue weighted by Gasteiger charge is -2.13. The highest BCUT2D eigenvalue weighted by Gasteiger charge is 2.30. The van der Waals surface area contributed by atoms with E-state index < -0.39 is 11.7 Å². The number of halogens is 3. The molecule has 0 aliphatic carbocycles. The lowest BCUT2D eigenvalue weighted by Crippen LogP contribution is -2.25. The van der Waals surface area contributed by atoms with Crippen LogP contribution >= 0.6 is 0 Å². The fourth-order valence-electron chi connectivity index (χ4n) is 3.56. The second-order valence-corrected chi connectivity index (χ2v) is 7.53. The number of rotatable bonds is 6. The van der Waals surface area contributed by atoms with Crippen LogP contribution in [0.2, 0.25) is 0 Å². The van der Waals surface area contributed by atoms with Crippen LogP contribution in [0.1, 0.15) is 34.3 Å². The van der Waals surface area contributed by atoms with Crippen molar-refractivity contribution in [2.45, 2.75) is 26.2 Å². The van der Waals surface area contributed by atoms with Crippen LogP contribution < -0.4 is 10.6 Å². The largest absolute Gasteiger partial charge is 0.467 e. The first-order valence-electron chi connectivity index (χ1n) is 10.1. The fraction of sp³-hybridized carbons (Fsp3) is 0.167. The Kier molecular flexibility index (Phi) is 5.95. The highest BCUT2D eigenvalue weighted by atomic mass is 19.4. The number of benzene rings is 2. The second-order valence-electron chi connectivity index (χ2n) is 7.53. The van der Waals surface area contributed by atoms with Crippen molar-refractivity contribution in [3.8, 4) is 0 Å². The van der Waals surface area contributed by atoms with Gasteiger partial charge in [0.05, 0.1) is 18.4 Å². The second kappa shape index (κ2) is 8.85. The molecule has 0 radical (unpaired) electrons. The van der Waals surface area contributed by atoms with E-state index in [0.29, 0.717) is 33.6 Å². The van der Waals surface area contributed by atoms with Crippen LogP contribution in [0, 0.1) is 0 Å². The standard InChI is InChI=1S/C24H20F3N3O3/c1-15(31)29-19-8-9-21-17(11-19)12-22(23(32)28-13-20-3-2-10-33-20)30(21)14-16-4-6-18(7-5-16)24(25,26)27/h2-12H,13-14H2,1H3,(H,28,32)(H,29,31). The number of nitrogens with one attached hydrogen (secondary N) is 2. The van der Waals surface area contributed by atoms with E-state index in [9.17, 15) is 22.8 Å². The zero-order valence-corrected chi connectivity index (χ0v) is 17.6. The fourth-order valence-corrected chi connectivity index (χ4v) is 3.56. The molecule has 2 N–H and O–H groups in total. The Morgan fingerprint density at radius 2 is 1.79 bits per heavy atom. The smallest absolute Gasteiger partial charge is 0.416 e. The molecule has 0 aliphatic heterocycles. The van der Waals surface area contributed by atoms with Gasteiger partial charge < -0.3 is 19.6 Å². The first-order valence-corrected chi connectivity index (χ1v) is 10.1. The summed E-state index contributed by atoms with van der Waals surface area (Å²) in [6, 6.07) is 15.2.